The molecular formula is C25H31NO5. The molecule has 6 atom stereocenters. The SMILES string of the molecule is COc1cccc(C2C3=C(OC4CC(C)C(C)CC4C3=O)C(=O)N2CC2CCCO2)c1. The van der Waals surface area contributed by atoms with Crippen LogP contribution in [-0.2, 0) is 19.1 Å². The normalized spacial score (nSPS) is 35.1. The van der Waals surface area contributed by atoms with E-state index in [-0.39, 0.29) is 35.6 Å². The third-order valence-corrected chi connectivity index (χ3v) is 7.64. The Balaban J connectivity index is 1.55. The minimum atomic E-state index is -0.454. The summed E-state index contributed by atoms with van der Waals surface area (Å²) in [6.45, 7) is 5.60. The smallest absolute Gasteiger partial charge is 0.290 e. The van der Waals surface area contributed by atoms with Gasteiger partial charge in [-0.05, 0) is 55.2 Å². The van der Waals surface area contributed by atoms with E-state index in [4.69, 9.17) is 14.2 Å². The summed E-state index contributed by atoms with van der Waals surface area (Å²) < 4.78 is 17.6. The third-order valence-electron chi connectivity index (χ3n) is 7.64. The number of ether oxygens (including phenoxy) is 3. The molecule has 0 spiro atoms. The van der Waals surface area contributed by atoms with Crippen molar-refractivity contribution in [2.45, 2.75) is 57.8 Å². The summed E-state index contributed by atoms with van der Waals surface area (Å²) in [7, 11) is 1.62. The van der Waals surface area contributed by atoms with E-state index in [1.807, 2.05) is 24.3 Å². The van der Waals surface area contributed by atoms with Gasteiger partial charge in [-0.3, -0.25) is 9.59 Å². The van der Waals surface area contributed by atoms with Crippen molar-refractivity contribution in [2.24, 2.45) is 17.8 Å². The van der Waals surface area contributed by atoms with Crippen molar-refractivity contribution in [1.29, 1.82) is 0 Å². The highest BCUT2D eigenvalue weighted by atomic mass is 16.5. The Morgan fingerprint density at radius 1 is 1.16 bits per heavy atom. The number of ketones is 1. The predicted molar refractivity (Wildman–Crippen MR) is 114 cm³/mol. The summed E-state index contributed by atoms with van der Waals surface area (Å²) >= 11 is 0. The molecule has 0 bridgehead atoms. The lowest BCUT2D eigenvalue weighted by atomic mass is 9.70. The molecule has 1 aliphatic carbocycles. The number of amides is 1. The summed E-state index contributed by atoms with van der Waals surface area (Å²) in [6, 6.07) is 7.21. The molecule has 4 aliphatic rings. The fourth-order valence-corrected chi connectivity index (χ4v) is 5.66. The Labute approximate surface area is 183 Å². The number of hydrogen-bond donors (Lipinski definition) is 0. The zero-order valence-electron chi connectivity index (χ0n) is 18.5. The molecule has 1 aromatic carbocycles. The van der Waals surface area contributed by atoms with Gasteiger partial charge < -0.3 is 19.1 Å². The number of nitrogens with zero attached hydrogens (tertiary/aromatic N) is 1. The van der Waals surface area contributed by atoms with Crippen LogP contribution in [0.3, 0.4) is 0 Å². The lowest BCUT2D eigenvalue weighted by Crippen LogP contribution is -2.43. The molecular weight excluding hydrogens is 394 g/mol. The van der Waals surface area contributed by atoms with Crippen LogP contribution in [0.4, 0.5) is 0 Å². The van der Waals surface area contributed by atoms with Gasteiger partial charge in [-0.15, -0.1) is 0 Å². The van der Waals surface area contributed by atoms with Crippen LogP contribution in [0.5, 0.6) is 5.75 Å². The molecule has 5 rings (SSSR count). The van der Waals surface area contributed by atoms with Crippen molar-refractivity contribution < 1.29 is 23.8 Å². The molecule has 3 heterocycles. The van der Waals surface area contributed by atoms with E-state index in [9.17, 15) is 9.59 Å². The highest BCUT2D eigenvalue weighted by molar-refractivity contribution is 6.11. The zero-order valence-corrected chi connectivity index (χ0v) is 18.5. The van der Waals surface area contributed by atoms with Crippen molar-refractivity contribution in [3.8, 4) is 5.75 Å². The average molecular weight is 426 g/mol. The number of benzene rings is 1. The van der Waals surface area contributed by atoms with Crippen molar-refractivity contribution in [3.05, 3.63) is 41.2 Å². The Morgan fingerprint density at radius 3 is 2.71 bits per heavy atom. The van der Waals surface area contributed by atoms with Gasteiger partial charge in [-0.1, -0.05) is 26.0 Å². The van der Waals surface area contributed by atoms with Gasteiger partial charge in [-0.25, -0.2) is 0 Å². The van der Waals surface area contributed by atoms with Crippen LogP contribution in [0.2, 0.25) is 0 Å². The second-order valence-corrected chi connectivity index (χ2v) is 9.57. The van der Waals surface area contributed by atoms with E-state index < -0.39 is 6.04 Å². The quantitative estimate of drug-likeness (QED) is 0.737. The maximum Gasteiger partial charge on any atom is 0.290 e. The van der Waals surface area contributed by atoms with Crippen LogP contribution in [0.1, 0.15) is 51.1 Å². The molecule has 0 aromatic heterocycles. The second-order valence-electron chi connectivity index (χ2n) is 9.57. The van der Waals surface area contributed by atoms with E-state index >= 15 is 0 Å². The van der Waals surface area contributed by atoms with Gasteiger partial charge >= 0.3 is 0 Å². The molecule has 6 heteroatoms. The first kappa shape index (κ1) is 20.6. The topological polar surface area (TPSA) is 65.1 Å². The predicted octanol–water partition coefficient (Wildman–Crippen LogP) is 3.66. The van der Waals surface area contributed by atoms with Gasteiger partial charge in [0.15, 0.2) is 11.5 Å². The summed E-state index contributed by atoms with van der Waals surface area (Å²) in [6.07, 6.45) is 3.35. The first-order valence-corrected chi connectivity index (χ1v) is 11.5. The van der Waals surface area contributed by atoms with Crippen LogP contribution < -0.4 is 4.74 Å². The number of methoxy groups -OCH3 is 1. The Hall–Kier alpha value is -2.34. The number of fused-ring (bicyclic) bond motifs is 1. The fourth-order valence-electron chi connectivity index (χ4n) is 5.66. The maximum atomic E-state index is 13.8. The zero-order chi connectivity index (χ0) is 21.7. The second kappa shape index (κ2) is 7.97. The highest BCUT2D eigenvalue weighted by Gasteiger charge is 2.53. The van der Waals surface area contributed by atoms with Crippen LogP contribution >= 0.6 is 0 Å². The molecule has 3 aliphatic heterocycles. The fraction of sp³-hybridized carbons (Fsp3) is 0.600. The standard InChI is InChI=1S/C25H31NO5/c1-14-10-19-20(11-15(14)2)31-24-21(23(19)27)22(16-6-4-7-17(12-16)29-3)26(25(24)28)13-18-8-5-9-30-18/h4,6-7,12,14-15,18-20,22H,5,8-11,13H2,1-3H3. The lowest BCUT2D eigenvalue weighted by molar-refractivity contribution is -0.138. The first-order chi connectivity index (χ1) is 15.0. The van der Waals surface area contributed by atoms with Crippen molar-refractivity contribution in [2.75, 3.05) is 20.3 Å². The van der Waals surface area contributed by atoms with E-state index in [0.29, 0.717) is 29.7 Å². The molecule has 6 nitrogen and oxygen atoms in total. The van der Waals surface area contributed by atoms with Crippen LogP contribution in [0.15, 0.2) is 35.6 Å². The van der Waals surface area contributed by atoms with Gasteiger partial charge in [0.1, 0.15) is 11.9 Å². The van der Waals surface area contributed by atoms with E-state index in [1.165, 1.54) is 0 Å². The molecule has 1 saturated heterocycles. The molecule has 0 N–H and O–H groups in total. The first-order valence-electron chi connectivity index (χ1n) is 11.5. The van der Waals surface area contributed by atoms with Crippen molar-refractivity contribution >= 4 is 11.7 Å². The largest absolute Gasteiger partial charge is 0.497 e. The molecule has 2 fully saturated rings. The molecule has 1 aromatic rings. The number of Topliss-reactive ketones (excluding diaryl/α,β-unsaturated/α-hetero) is 1. The van der Waals surface area contributed by atoms with E-state index in [2.05, 4.69) is 13.8 Å². The van der Waals surface area contributed by atoms with Gasteiger partial charge in [0.2, 0.25) is 0 Å². The van der Waals surface area contributed by atoms with Crippen LogP contribution in [0, 0.1) is 17.8 Å². The number of carbonyl (C=O) groups is 2. The van der Waals surface area contributed by atoms with Gasteiger partial charge in [0.05, 0.1) is 30.7 Å². The molecule has 1 saturated carbocycles. The summed E-state index contributed by atoms with van der Waals surface area (Å²) in [5.74, 6) is 1.64. The average Bonchev–Trinajstić information content (AvgIpc) is 3.37. The molecule has 6 unspecified atom stereocenters. The van der Waals surface area contributed by atoms with E-state index in [1.54, 1.807) is 12.0 Å². The van der Waals surface area contributed by atoms with Crippen molar-refractivity contribution in [3.63, 3.8) is 0 Å². The summed E-state index contributed by atoms with van der Waals surface area (Å²) in [5.41, 5.74) is 1.41. The Bertz CT molecular complexity index is 918. The number of carbonyl (C=O) groups excluding carboxylic acids is 2. The van der Waals surface area contributed by atoms with Gasteiger partial charge in [0.25, 0.3) is 5.91 Å². The van der Waals surface area contributed by atoms with Gasteiger partial charge in [-0.2, -0.15) is 0 Å². The molecule has 166 valence electrons. The van der Waals surface area contributed by atoms with Crippen LogP contribution in [0.25, 0.3) is 0 Å². The highest BCUT2D eigenvalue weighted by Crippen LogP contribution is 2.49. The minimum absolute atomic E-state index is 0.00386. The minimum Gasteiger partial charge on any atom is -0.497 e. The Kier molecular flexibility index (Phi) is 5.29. The van der Waals surface area contributed by atoms with Gasteiger partial charge in [0, 0.05) is 13.2 Å². The molecule has 31 heavy (non-hydrogen) atoms. The Morgan fingerprint density at radius 2 is 1.97 bits per heavy atom. The maximum absolute atomic E-state index is 13.8. The summed E-state index contributed by atoms with van der Waals surface area (Å²) in [5, 5.41) is 0. The number of rotatable bonds is 4. The summed E-state index contributed by atoms with van der Waals surface area (Å²) in [4.78, 5) is 29.1. The number of hydrogen-bond acceptors (Lipinski definition) is 5. The monoisotopic (exact) mass is 425 g/mol. The molecule has 1 amide bonds. The van der Waals surface area contributed by atoms with E-state index in [0.717, 1.165) is 37.9 Å². The van der Waals surface area contributed by atoms with Crippen molar-refractivity contribution in [1.82, 2.24) is 4.90 Å². The van der Waals surface area contributed by atoms with Crippen LogP contribution in [-0.4, -0.2) is 49.1 Å². The third kappa shape index (κ3) is 3.45. The lowest BCUT2D eigenvalue weighted by Gasteiger charge is -2.40. The molecule has 0 radical (unpaired) electrons.